The Labute approximate surface area is 131 Å². The molecule has 0 bridgehead atoms. The Hall–Kier alpha value is -0.640. The van der Waals surface area contributed by atoms with E-state index in [0.29, 0.717) is 0 Å². The van der Waals surface area contributed by atoms with Crippen molar-refractivity contribution in [3.05, 3.63) is 39.3 Å². The molecule has 1 aromatic heterocycles. The van der Waals surface area contributed by atoms with Gasteiger partial charge < -0.3 is 5.09 Å². The number of rotatable bonds is 3. The van der Waals surface area contributed by atoms with E-state index in [1.54, 1.807) is 18.0 Å². The maximum Gasteiger partial charge on any atom is 0.223 e. The van der Waals surface area contributed by atoms with Crippen molar-refractivity contribution in [1.29, 1.82) is 0 Å². The average molecular weight is 371 g/mol. The van der Waals surface area contributed by atoms with Crippen molar-refractivity contribution in [2.24, 2.45) is 0 Å². The van der Waals surface area contributed by atoms with Crippen LogP contribution in [0.15, 0.2) is 28.7 Å². The monoisotopic (exact) mass is 370 g/mol. The summed E-state index contributed by atoms with van der Waals surface area (Å²) in [5.74, 6) is 0. The Morgan fingerprint density at radius 2 is 2.15 bits per heavy atom. The van der Waals surface area contributed by atoms with E-state index in [2.05, 4.69) is 26.0 Å². The van der Waals surface area contributed by atoms with Crippen LogP contribution < -0.4 is 9.84 Å². The van der Waals surface area contributed by atoms with E-state index in [1.807, 2.05) is 24.3 Å². The zero-order valence-electron chi connectivity index (χ0n) is 11.2. The second-order valence-corrected chi connectivity index (χ2v) is 9.92. The zero-order chi connectivity index (χ0) is 14.2. The van der Waals surface area contributed by atoms with Crippen LogP contribution in [-0.4, -0.2) is 11.6 Å². The second kappa shape index (κ2) is 5.63. The van der Waals surface area contributed by atoms with Crippen LogP contribution in [0.25, 0.3) is 0 Å². The molecule has 0 aliphatic heterocycles. The molecular formula is C14H16BrN2OPS. The highest BCUT2D eigenvalue weighted by Crippen LogP contribution is 2.43. The molecule has 0 radical (unpaired) electrons. The highest BCUT2D eigenvalue weighted by molar-refractivity contribution is 9.10. The third-order valence-corrected chi connectivity index (χ3v) is 7.65. The van der Waals surface area contributed by atoms with Gasteiger partial charge in [-0.1, -0.05) is 22.0 Å². The van der Waals surface area contributed by atoms with Gasteiger partial charge in [0, 0.05) is 21.7 Å². The third-order valence-electron chi connectivity index (χ3n) is 3.37. The molecule has 0 spiro atoms. The Morgan fingerprint density at radius 1 is 1.35 bits per heavy atom. The van der Waals surface area contributed by atoms with Gasteiger partial charge in [-0.2, -0.15) is 0 Å². The topological polar surface area (TPSA) is 42.0 Å². The van der Waals surface area contributed by atoms with Crippen molar-refractivity contribution in [3.8, 4) is 0 Å². The maximum absolute atomic E-state index is 12.9. The fourth-order valence-electron chi connectivity index (χ4n) is 2.37. The van der Waals surface area contributed by atoms with Gasteiger partial charge in [0.15, 0.2) is 4.75 Å². The molecule has 0 amide bonds. The predicted molar refractivity (Wildman–Crippen MR) is 89.7 cm³/mol. The number of fused-ring (bicyclic) bond motifs is 1. The minimum Gasteiger partial charge on any atom is -0.331 e. The molecule has 1 atom stereocenters. The summed E-state index contributed by atoms with van der Waals surface area (Å²) in [6.07, 6.45) is 4.54. The van der Waals surface area contributed by atoms with Crippen molar-refractivity contribution in [1.82, 2.24) is 4.98 Å². The Bertz CT molecular complexity index is 662. The van der Waals surface area contributed by atoms with Gasteiger partial charge >= 0.3 is 0 Å². The lowest BCUT2D eigenvalue weighted by Gasteiger charge is -2.13. The maximum atomic E-state index is 12.9. The lowest BCUT2D eigenvalue weighted by atomic mass is 10.0. The summed E-state index contributed by atoms with van der Waals surface area (Å²) < 4.78 is 14.7. The molecular weight excluding hydrogens is 355 g/mol. The molecule has 1 aromatic carbocycles. The molecule has 3 rings (SSSR count). The van der Waals surface area contributed by atoms with Crippen LogP contribution in [0.1, 0.15) is 23.4 Å². The number of nitrogens with one attached hydrogen (secondary N) is 1. The van der Waals surface area contributed by atoms with E-state index in [0.717, 1.165) is 33.4 Å². The first-order valence-corrected chi connectivity index (χ1v) is 10.4. The molecule has 2 aromatic rings. The van der Waals surface area contributed by atoms with Gasteiger partial charge in [0.25, 0.3) is 0 Å². The van der Waals surface area contributed by atoms with Crippen LogP contribution >= 0.6 is 34.6 Å². The van der Waals surface area contributed by atoms with Crippen molar-refractivity contribution < 1.29 is 4.57 Å². The first kappa shape index (κ1) is 14.3. The lowest BCUT2D eigenvalue weighted by Crippen LogP contribution is -2.10. The Balaban J connectivity index is 1.87. The Morgan fingerprint density at radius 3 is 2.90 bits per heavy atom. The summed E-state index contributed by atoms with van der Waals surface area (Å²) in [5, 5.41) is 3.16. The van der Waals surface area contributed by atoms with Gasteiger partial charge in [-0.15, -0.1) is 11.3 Å². The van der Waals surface area contributed by atoms with Crippen LogP contribution in [0.2, 0.25) is 0 Å². The van der Waals surface area contributed by atoms with Crippen LogP contribution in [0.5, 0.6) is 0 Å². The first-order chi connectivity index (χ1) is 9.54. The molecule has 106 valence electrons. The normalized spacial score (nSPS) is 17.3. The van der Waals surface area contributed by atoms with Gasteiger partial charge in [0.2, 0.25) is 7.29 Å². The van der Waals surface area contributed by atoms with Crippen LogP contribution in [0.4, 0.5) is 5.69 Å². The number of halogens is 1. The largest absolute Gasteiger partial charge is 0.331 e. The van der Waals surface area contributed by atoms with E-state index in [-0.39, 0.29) is 0 Å². The highest BCUT2D eigenvalue weighted by atomic mass is 79.9. The SMILES string of the molecule is CP(=O)(Nc1cccc(Br)c1)c1nc2c(s1)CCCC2. The molecule has 3 nitrogen and oxygen atoms in total. The number of hydrogen-bond acceptors (Lipinski definition) is 3. The minimum absolute atomic E-state index is 0.754. The van der Waals surface area contributed by atoms with E-state index < -0.39 is 7.29 Å². The number of hydrogen-bond donors (Lipinski definition) is 1. The minimum atomic E-state index is -2.65. The van der Waals surface area contributed by atoms with E-state index in [4.69, 9.17) is 0 Å². The molecule has 6 heteroatoms. The molecule has 0 fully saturated rings. The van der Waals surface area contributed by atoms with Gasteiger partial charge in [0.05, 0.1) is 5.69 Å². The smallest absolute Gasteiger partial charge is 0.223 e. The number of aryl methyl sites for hydroxylation is 2. The number of nitrogens with zero attached hydrogens (tertiary/aromatic N) is 1. The van der Waals surface area contributed by atoms with Crippen LogP contribution in [-0.2, 0) is 17.4 Å². The Kier molecular flexibility index (Phi) is 4.02. The highest BCUT2D eigenvalue weighted by Gasteiger charge is 2.26. The molecule has 1 aliphatic carbocycles. The van der Waals surface area contributed by atoms with Crippen molar-refractivity contribution in [2.45, 2.75) is 25.7 Å². The molecule has 0 saturated heterocycles. The summed E-state index contributed by atoms with van der Waals surface area (Å²) in [5.41, 5.74) is 2.02. The van der Waals surface area contributed by atoms with Crippen molar-refractivity contribution >= 4 is 45.0 Å². The lowest BCUT2D eigenvalue weighted by molar-refractivity contribution is 0.587. The predicted octanol–water partition coefficient (Wildman–Crippen LogP) is 4.43. The van der Waals surface area contributed by atoms with Crippen molar-refractivity contribution in [2.75, 3.05) is 11.8 Å². The molecule has 1 aliphatic rings. The summed E-state index contributed by atoms with van der Waals surface area (Å²) in [4.78, 5) is 5.95. The number of aromatic nitrogens is 1. The van der Waals surface area contributed by atoms with E-state index >= 15 is 0 Å². The summed E-state index contributed by atoms with van der Waals surface area (Å²) in [6.45, 7) is 1.76. The summed E-state index contributed by atoms with van der Waals surface area (Å²) >= 11 is 5.05. The quantitative estimate of drug-likeness (QED) is 0.812. The second-order valence-electron chi connectivity index (χ2n) is 5.12. The average Bonchev–Trinajstić information content (AvgIpc) is 2.82. The fourth-order valence-corrected chi connectivity index (χ4v) is 5.86. The summed E-state index contributed by atoms with van der Waals surface area (Å²) in [7, 11) is -2.65. The zero-order valence-corrected chi connectivity index (χ0v) is 14.5. The molecule has 1 unspecified atom stereocenters. The summed E-state index contributed by atoms with van der Waals surface area (Å²) in [6, 6.07) is 7.74. The number of anilines is 1. The van der Waals surface area contributed by atoms with Gasteiger partial charge in [0.1, 0.15) is 0 Å². The van der Waals surface area contributed by atoms with E-state index in [1.165, 1.54) is 17.7 Å². The van der Waals surface area contributed by atoms with Crippen molar-refractivity contribution in [3.63, 3.8) is 0 Å². The standard InChI is InChI=1S/C14H16BrN2OPS/c1-19(18,17-11-6-4-5-10(15)9-11)14-16-12-7-2-3-8-13(12)20-14/h4-6,9H,2-3,7-8H2,1H3,(H,17,18). The van der Waals surface area contributed by atoms with Gasteiger partial charge in [-0.05, 0) is 43.9 Å². The van der Waals surface area contributed by atoms with Gasteiger partial charge in [-0.25, -0.2) is 4.98 Å². The molecule has 0 saturated carbocycles. The van der Waals surface area contributed by atoms with Crippen LogP contribution in [0, 0.1) is 0 Å². The molecule has 1 N–H and O–H groups in total. The fraction of sp³-hybridized carbons (Fsp3) is 0.357. The number of thiazole rings is 1. The molecule has 1 heterocycles. The molecule has 20 heavy (non-hydrogen) atoms. The third kappa shape index (κ3) is 3.00. The van der Waals surface area contributed by atoms with Gasteiger partial charge in [-0.3, -0.25) is 4.57 Å². The number of benzene rings is 1. The van der Waals surface area contributed by atoms with E-state index in [9.17, 15) is 4.57 Å². The first-order valence-electron chi connectivity index (χ1n) is 6.65. The van der Waals surface area contributed by atoms with Crippen LogP contribution in [0.3, 0.4) is 0 Å².